The Hall–Kier alpha value is -0.470. The Kier molecular flexibility index (Phi) is 2.80. The molecule has 12 heavy (non-hydrogen) atoms. The van der Waals surface area contributed by atoms with Crippen LogP contribution in [0.1, 0.15) is 6.92 Å². The average molecular weight is 206 g/mol. The van der Waals surface area contributed by atoms with Crippen molar-refractivity contribution in [2.24, 2.45) is 11.1 Å². The van der Waals surface area contributed by atoms with E-state index in [9.17, 15) is 0 Å². The second kappa shape index (κ2) is 3.50. The first kappa shape index (κ1) is 9.62. The van der Waals surface area contributed by atoms with Crippen LogP contribution in [0.4, 0.5) is 0 Å². The van der Waals surface area contributed by atoms with E-state index in [1.54, 1.807) is 18.2 Å². The van der Waals surface area contributed by atoms with E-state index in [2.05, 4.69) is 5.16 Å². The number of alkyl halides is 1. The van der Waals surface area contributed by atoms with Crippen LogP contribution in [-0.2, 0) is 0 Å². The molecular weight excluding hydrogens is 197 g/mol. The molecule has 0 fully saturated rings. The van der Waals surface area contributed by atoms with E-state index in [-0.39, 0.29) is 5.92 Å². The van der Waals surface area contributed by atoms with Crippen LogP contribution in [0.15, 0.2) is 28.4 Å². The molecule has 1 aliphatic rings. The maximum Gasteiger partial charge on any atom is 0.109 e. The molecule has 0 saturated heterocycles. The van der Waals surface area contributed by atoms with Gasteiger partial charge in [0, 0.05) is 11.0 Å². The van der Waals surface area contributed by atoms with Crippen molar-refractivity contribution in [3.63, 3.8) is 0 Å². The zero-order chi connectivity index (χ0) is 9.19. The Balaban J connectivity index is 2.95. The quantitative estimate of drug-likeness (QED) is 0.304. The Morgan fingerprint density at radius 3 is 3.00 bits per heavy atom. The number of hydrogen-bond acceptors (Lipinski definition) is 2. The third-order valence-corrected chi connectivity index (χ3v) is 2.94. The molecule has 0 bridgehead atoms. The van der Waals surface area contributed by atoms with Crippen molar-refractivity contribution in [1.29, 1.82) is 0 Å². The van der Waals surface area contributed by atoms with Gasteiger partial charge in [0.05, 0.1) is 6.21 Å². The van der Waals surface area contributed by atoms with Crippen molar-refractivity contribution in [2.75, 3.05) is 0 Å². The van der Waals surface area contributed by atoms with E-state index in [0.717, 1.165) is 0 Å². The Bertz CT molecular complexity index is 260. The standard InChI is InChI=1S/C8H9Cl2NO/c1-6-7(9)3-2-4-8(6,10)5-11-12/h2-6,12H,1H3. The van der Waals surface area contributed by atoms with Crippen LogP contribution in [0.5, 0.6) is 0 Å². The van der Waals surface area contributed by atoms with E-state index < -0.39 is 4.87 Å². The van der Waals surface area contributed by atoms with Gasteiger partial charge in [0.1, 0.15) is 4.87 Å². The van der Waals surface area contributed by atoms with Crippen LogP contribution >= 0.6 is 23.2 Å². The van der Waals surface area contributed by atoms with E-state index in [1.165, 1.54) is 6.21 Å². The topological polar surface area (TPSA) is 32.6 Å². The van der Waals surface area contributed by atoms with Crippen LogP contribution in [-0.4, -0.2) is 16.3 Å². The average Bonchev–Trinajstić information content (AvgIpc) is 2.01. The van der Waals surface area contributed by atoms with Crippen LogP contribution in [0.25, 0.3) is 0 Å². The summed E-state index contributed by atoms with van der Waals surface area (Å²) in [5.74, 6) is -0.0678. The van der Waals surface area contributed by atoms with Gasteiger partial charge in [-0.2, -0.15) is 0 Å². The molecular formula is C8H9Cl2NO. The number of nitrogens with zero attached hydrogens (tertiary/aromatic N) is 1. The van der Waals surface area contributed by atoms with Crippen molar-refractivity contribution < 1.29 is 5.21 Å². The molecule has 1 rings (SSSR count). The molecule has 1 N–H and O–H groups in total. The number of rotatable bonds is 1. The lowest BCUT2D eigenvalue weighted by atomic mass is 9.90. The third kappa shape index (κ3) is 1.65. The first-order valence-electron chi connectivity index (χ1n) is 3.52. The van der Waals surface area contributed by atoms with Gasteiger partial charge in [-0.1, -0.05) is 35.8 Å². The van der Waals surface area contributed by atoms with Crippen LogP contribution < -0.4 is 0 Å². The molecule has 0 aliphatic heterocycles. The SMILES string of the molecule is CC1C(Cl)=CC=CC1(Cl)C=NO. The summed E-state index contributed by atoms with van der Waals surface area (Å²) in [5, 5.41) is 12.0. The summed E-state index contributed by atoms with van der Waals surface area (Å²) in [6.45, 7) is 1.87. The van der Waals surface area contributed by atoms with Crippen molar-refractivity contribution in [2.45, 2.75) is 11.8 Å². The minimum atomic E-state index is -0.791. The molecule has 0 spiro atoms. The number of hydrogen-bond donors (Lipinski definition) is 1. The summed E-state index contributed by atoms with van der Waals surface area (Å²) >= 11 is 12.0. The van der Waals surface area contributed by atoms with Crippen molar-refractivity contribution in [1.82, 2.24) is 0 Å². The lowest BCUT2D eigenvalue weighted by Crippen LogP contribution is -2.31. The smallest absolute Gasteiger partial charge is 0.109 e. The molecule has 0 radical (unpaired) electrons. The summed E-state index contributed by atoms with van der Waals surface area (Å²) in [5.41, 5.74) is 0. The lowest BCUT2D eigenvalue weighted by Gasteiger charge is -2.27. The molecule has 1 aliphatic carbocycles. The predicted molar refractivity (Wildman–Crippen MR) is 51.1 cm³/mol. The molecule has 2 unspecified atom stereocenters. The van der Waals surface area contributed by atoms with Gasteiger partial charge >= 0.3 is 0 Å². The third-order valence-electron chi connectivity index (χ3n) is 1.94. The largest absolute Gasteiger partial charge is 0.411 e. The second-order valence-electron chi connectivity index (χ2n) is 2.70. The van der Waals surface area contributed by atoms with Crippen molar-refractivity contribution in [3.05, 3.63) is 23.3 Å². The number of oxime groups is 1. The molecule has 66 valence electrons. The highest BCUT2D eigenvalue weighted by Crippen LogP contribution is 2.35. The molecule has 4 heteroatoms. The zero-order valence-electron chi connectivity index (χ0n) is 6.54. The van der Waals surface area contributed by atoms with Gasteiger partial charge in [0.25, 0.3) is 0 Å². The summed E-state index contributed by atoms with van der Waals surface area (Å²) < 4.78 is 0. The first-order chi connectivity index (χ1) is 5.60. The predicted octanol–water partition coefficient (Wildman–Crippen LogP) is 2.75. The second-order valence-corrected chi connectivity index (χ2v) is 3.80. The molecule has 0 amide bonds. The van der Waals surface area contributed by atoms with Crippen molar-refractivity contribution >= 4 is 29.4 Å². The van der Waals surface area contributed by atoms with Gasteiger partial charge in [-0.05, 0) is 6.08 Å². The van der Waals surface area contributed by atoms with Crippen LogP contribution in [0.3, 0.4) is 0 Å². The molecule has 2 nitrogen and oxygen atoms in total. The Morgan fingerprint density at radius 1 is 1.75 bits per heavy atom. The fourth-order valence-corrected chi connectivity index (χ4v) is 1.57. The van der Waals surface area contributed by atoms with Gasteiger partial charge in [-0.3, -0.25) is 0 Å². The van der Waals surface area contributed by atoms with Gasteiger partial charge in [-0.25, -0.2) is 0 Å². The van der Waals surface area contributed by atoms with Crippen LogP contribution in [0.2, 0.25) is 0 Å². The Morgan fingerprint density at radius 2 is 2.42 bits per heavy atom. The summed E-state index contributed by atoms with van der Waals surface area (Å²) in [7, 11) is 0. The normalized spacial score (nSPS) is 35.6. The monoisotopic (exact) mass is 205 g/mol. The van der Waals surface area contributed by atoms with E-state index >= 15 is 0 Å². The van der Waals surface area contributed by atoms with Crippen LogP contribution in [0, 0.1) is 5.92 Å². The summed E-state index contributed by atoms with van der Waals surface area (Å²) in [6, 6.07) is 0. The zero-order valence-corrected chi connectivity index (χ0v) is 8.05. The first-order valence-corrected chi connectivity index (χ1v) is 4.28. The van der Waals surface area contributed by atoms with Gasteiger partial charge in [0.15, 0.2) is 0 Å². The number of allylic oxidation sites excluding steroid dienone is 4. The Labute approximate surface area is 81.2 Å². The fraction of sp³-hybridized carbons (Fsp3) is 0.375. The van der Waals surface area contributed by atoms with Gasteiger partial charge in [0.2, 0.25) is 0 Å². The lowest BCUT2D eigenvalue weighted by molar-refractivity contribution is 0.318. The van der Waals surface area contributed by atoms with Gasteiger partial charge in [-0.15, -0.1) is 11.6 Å². The van der Waals surface area contributed by atoms with E-state index in [4.69, 9.17) is 28.4 Å². The van der Waals surface area contributed by atoms with Crippen molar-refractivity contribution in [3.8, 4) is 0 Å². The van der Waals surface area contributed by atoms with E-state index in [1.807, 2.05) is 6.92 Å². The molecule has 2 atom stereocenters. The summed E-state index contributed by atoms with van der Waals surface area (Å²) in [4.78, 5) is -0.791. The van der Waals surface area contributed by atoms with E-state index in [0.29, 0.717) is 5.03 Å². The number of halogens is 2. The van der Waals surface area contributed by atoms with Gasteiger partial charge < -0.3 is 5.21 Å². The molecule has 0 aromatic carbocycles. The highest BCUT2D eigenvalue weighted by Gasteiger charge is 2.33. The maximum absolute atomic E-state index is 8.38. The highest BCUT2D eigenvalue weighted by molar-refractivity contribution is 6.37. The molecule has 0 heterocycles. The molecule has 0 aromatic rings. The fourth-order valence-electron chi connectivity index (χ4n) is 1.03. The minimum Gasteiger partial charge on any atom is -0.411 e. The minimum absolute atomic E-state index is 0.0678. The maximum atomic E-state index is 8.38. The summed E-state index contributed by atoms with van der Waals surface area (Å²) in [6.07, 6.45) is 6.53. The highest BCUT2D eigenvalue weighted by atomic mass is 35.5. The molecule has 0 saturated carbocycles. The molecule has 0 aromatic heterocycles.